The quantitative estimate of drug-likeness (QED) is 0.723. The summed E-state index contributed by atoms with van der Waals surface area (Å²) in [5.74, 6) is 1.27. The van der Waals surface area contributed by atoms with Gasteiger partial charge in [-0.05, 0) is 43.7 Å². The van der Waals surface area contributed by atoms with Gasteiger partial charge in [-0.25, -0.2) is 9.97 Å². The summed E-state index contributed by atoms with van der Waals surface area (Å²) in [7, 11) is 0. The van der Waals surface area contributed by atoms with E-state index in [9.17, 15) is 5.11 Å². The minimum Gasteiger partial charge on any atom is -0.386 e. The molecule has 0 fully saturated rings. The summed E-state index contributed by atoms with van der Waals surface area (Å²) in [6.45, 7) is 3.72. The smallest absolute Gasteiger partial charge is 0.130 e. The SMILES string of the molecule is Cc1nc(NC(C)C(O)c2cccc(Cl)c2)cc(-c2ccccn2)n1. The summed E-state index contributed by atoms with van der Waals surface area (Å²) in [5, 5.41) is 14.4. The molecule has 0 saturated heterocycles. The van der Waals surface area contributed by atoms with E-state index in [2.05, 4.69) is 20.3 Å². The van der Waals surface area contributed by atoms with E-state index in [0.29, 0.717) is 16.7 Å². The molecule has 2 aromatic heterocycles. The van der Waals surface area contributed by atoms with Crippen LogP contribution >= 0.6 is 11.6 Å². The van der Waals surface area contributed by atoms with Crippen LogP contribution in [0.3, 0.4) is 0 Å². The molecule has 0 spiro atoms. The van der Waals surface area contributed by atoms with Crippen LogP contribution in [0.4, 0.5) is 5.82 Å². The first-order chi connectivity index (χ1) is 12.0. The van der Waals surface area contributed by atoms with Crippen molar-refractivity contribution in [2.45, 2.75) is 26.0 Å². The molecule has 0 aliphatic carbocycles. The third kappa shape index (κ3) is 4.32. The van der Waals surface area contributed by atoms with E-state index >= 15 is 0 Å². The summed E-state index contributed by atoms with van der Waals surface area (Å²) < 4.78 is 0. The zero-order valence-corrected chi connectivity index (χ0v) is 14.8. The molecule has 0 radical (unpaired) electrons. The van der Waals surface area contributed by atoms with E-state index in [-0.39, 0.29) is 6.04 Å². The van der Waals surface area contributed by atoms with Crippen molar-refractivity contribution < 1.29 is 5.11 Å². The fourth-order valence-corrected chi connectivity index (χ4v) is 2.78. The third-order valence-electron chi connectivity index (χ3n) is 3.80. The minimum atomic E-state index is -0.715. The van der Waals surface area contributed by atoms with Gasteiger partial charge in [-0.2, -0.15) is 0 Å². The number of aliphatic hydroxyl groups is 1. The second-order valence-electron chi connectivity index (χ2n) is 5.83. The van der Waals surface area contributed by atoms with Crippen molar-refractivity contribution >= 4 is 17.4 Å². The first kappa shape index (κ1) is 17.3. The molecule has 5 nitrogen and oxygen atoms in total. The zero-order valence-electron chi connectivity index (χ0n) is 14.0. The van der Waals surface area contributed by atoms with E-state index in [4.69, 9.17) is 11.6 Å². The van der Waals surface area contributed by atoms with Gasteiger partial charge in [-0.15, -0.1) is 0 Å². The first-order valence-electron chi connectivity index (χ1n) is 8.00. The Kier molecular flexibility index (Phi) is 5.26. The Labute approximate surface area is 151 Å². The fourth-order valence-electron chi connectivity index (χ4n) is 2.58. The van der Waals surface area contributed by atoms with Crippen molar-refractivity contribution in [1.29, 1.82) is 0 Å². The highest BCUT2D eigenvalue weighted by Crippen LogP contribution is 2.24. The van der Waals surface area contributed by atoms with E-state index in [1.165, 1.54) is 0 Å². The summed E-state index contributed by atoms with van der Waals surface area (Å²) in [6.07, 6.45) is 1.01. The van der Waals surface area contributed by atoms with Gasteiger partial charge in [0.2, 0.25) is 0 Å². The molecule has 0 bridgehead atoms. The maximum Gasteiger partial charge on any atom is 0.130 e. The summed E-state index contributed by atoms with van der Waals surface area (Å²) in [6, 6.07) is 14.5. The standard InChI is InChI=1S/C19H19ClN4O/c1-12(19(25)14-6-5-7-15(20)10-14)22-18-11-17(23-13(2)24-18)16-8-3-4-9-21-16/h3-12,19,25H,1-2H3,(H,22,23,24). The van der Waals surface area contributed by atoms with Crippen LogP contribution < -0.4 is 5.32 Å². The maximum atomic E-state index is 10.6. The van der Waals surface area contributed by atoms with Crippen LogP contribution in [0, 0.1) is 6.92 Å². The number of benzene rings is 1. The van der Waals surface area contributed by atoms with Gasteiger partial charge in [-0.1, -0.05) is 29.8 Å². The van der Waals surface area contributed by atoms with Crippen molar-refractivity contribution in [3.8, 4) is 11.4 Å². The normalized spacial score (nSPS) is 13.3. The molecule has 6 heteroatoms. The number of aryl methyl sites for hydroxylation is 1. The molecule has 2 heterocycles. The van der Waals surface area contributed by atoms with Gasteiger partial charge in [0.05, 0.1) is 23.5 Å². The molecular weight excluding hydrogens is 336 g/mol. The topological polar surface area (TPSA) is 70.9 Å². The number of pyridine rings is 1. The highest BCUT2D eigenvalue weighted by atomic mass is 35.5. The van der Waals surface area contributed by atoms with Crippen molar-refractivity contribution in [3.05, 3.63) is 71.1 Å². The maximum absolute atomic E-state index is 10.6. The number of anilines is 1. The van der Waals surface area contributed by atoms with Crippen molar-refractivity contribution in [2.24, 2.45) is 0 Å². The van der Waals surface area contributed by atoms with Crippen LogP contribution in [-0.2, 0) is 0 Å². The molecule has 0 aliphatic heterocycles. The van der Waals surface area contributed by atoms with Gasteiger partial charge in [-0.3, -0.25) is 4.98 Å². The molecule has 3 rings (SSSR count). The lowest BCUT2D eigenvalue weighted by Crippen LogP contribution is -2.24. The number of halogens is 1. The number of nitrogens with one attached hydrogen (secondary N) is 1. The first-order valence-corrected chi connectivity index (χ1v) is 8.38. The second kappa shape index (κ2) is 7.59. The number of hydrogen-bond donors (Lipinski definition) is 2. The van der Waals surface area contributed by atoms with Crippen LogP contribution in [0.5, 0.6) is 0 Å². The number of rotatable bonds is 5. The van der Waals surface area contributed by atoms with Crippen molar-refractivity contribution in [3.63, 3.8) is 0 Å². The van der Waals surface area contributed by atoms with E-state index < -0.39 is 6.10 Å². The summed E-state index contributed by atoms with van der Waals surface area (Å²) in [4.78, 5) is 13.2. The van der Waals surface area contributed by atoms with Crippen molar-refractivity contribution in [2.75, 3.05) is 5.32 Å². The predicted octanol–water partition coefficient (Wildman–Crippen LogP) is 4.03. The molecule has 2 unspecified atom stereocenters. The number of nitrogens with zero attached hydrogens (tertiary/aromatic N) is 3. The van der Waals surface area contributed by atoms with Crippen LogP contribution in [-0.4, -0.2) is 26.1 Å². The van der Waals surface area contributed by atoms with E-state index in [1.807, 2.05) is 50.2 Å². The number of hydrogen-bond acceptors (Lipinski definition) is 5. The van der Waals surface area contributed by atoms with Gasteiger partial charge < -0.3 is 10.4 Å². The Balaban J connectivity index is 1.81. The molecule has 128 valence electrons. The molecule has 25 heavy (non-hydrogen) atoms. The van der Waals surface area contributed by atoms with Crippen LogP contribution in [0.25, 0.3) is 11.4 Å². The third-order valence-corrected chi connectivity index (χ3v) is 4.04. The van der Waals surface area contributed by atoms with E-state index in [1.54, 1.807) is 18.3 Å². The molecule has 0 amide bonds. The Hall–Kier alpha value is -2.50. The zero-order chi connectivity index (χ0) is 17.8. The largest absolute Gasteiger partial charge is 0.386 e. The average molecular weight is 355 g/mol. The number of aromatic nitrogens is 3. The molecular formula is C19H19ClN4O. The highest BCUT2D eigenvalue weighted by Gasteiger charge is 2.17. The summed E-state index contributed by atoms with van der Waals surface area (Å²) >= 11 is 6.00. The Morgan fingerprint density at radius 3 is 2.60 bits per heavy atom. The van der Waals surface area contributed by atoms with Gasteiger partial charge >= 0.3 is 0 Å². The van der Waals surface area contributed by atoms with Crippen LogP contribution in [0.15, 0.2) is 54.7 Å². The van der Waals surface area contributed by atoms with Gasteiger partial charge in [0.25, 0.3) is 0 Å². The van der Waals surface area contributed by atoms with Crippen LogP contribution in [0.2, 0.25) is 5.02 Å². The lowest BCUT2D eigenvalue weighted by atomic mass is 10.0. The fraction of sp³-hybridized carbons (Fsp3) is 0.211. The minimum absolute atomic E-state index is 0.260. The molecule has 0 aliphatic rings. The second-order valence-corrected chi connectivity index (χ2v) is 6.27. The monoisotopic (exact) mass is 354 g/mol. The number of aliphatic hydroxyl groups excluding tert-OH is 1. The predicted molar refractivity (Wildman–Crippen MR) is 99.5 cm³/mol. The van der Waals surface area contributed by atoms with Gasteiger partial charge in [0.1, 0.15) is 11.6 Å². The van der Waals surface area contributed by atoms with Crippen molar-refractivity contribution in [1.82, 2.24) is 15.0 Å². The van der Waals surface area contributed by atoms with Gasteiger partial charge in [0, 0.05) is 17.3 Å². The molecule has 2 atom stereocenters. The lowest BCUT2D eigenvalue weighted by Gasteiger charge is -2.21. The van der Waals surface area contributed by atoms with Gasteiger partial charge in [0.15, 0.2) is 0 Å². The molecule has 2 N–H and O–H groups in total. The highest BCUT2D eigenvalue weighted by molar-refractivity contribution is 6.30. The lowest BCUT2D eigenvalue weighted by molar-refractivity contribution is 0.160. The molecule has 1 aromatic carbocycles. The summed E-state index contributed by atoms with van der Waals surface area (Å²) in [5.41, 5.74) is 2.27. The van der Waals surface area contributed by atoms with Crippen LogP contribution in [0.1, 0.15) is 24.4 Å². The molecule has 3 aromatic rings. The van der Waals surface area contributed by atoms with E-state index in [0.717, 1.165) is 17.0 Å². The molecule has 0 saturated carbocycles. The Morgan fingerprint density at radius 2 is 1.88 bits per heavy atom. The Bertz CT molecular complexity index is 857. The Morgan fingerprint density at radius 1 is 1.04 bits per heavy atom. The average Bonchev–Trinajstić information content (AvgIpc) is 2.61.